The molecule has 1 aliphatic rings. The lowest BCUT2D eigenvalue weighted by Crippen LogP contribution is -2.41. The SMILES string of the molecule is O=C(NCC(F)(F)Oc1cccc(C(=O)O)c1)OCC1c2ccccc2-c2ccccc21. The maximum Gasteiger partial charge on any atom is 0.415 e. The van der Waals surface area contributed by atoms with Gasteiger partial charge in [0.25, 0.3) is 0 Å². The van der Waals surface area contributed by atoms with Gasteiger partial charge >= 0.3 is 18.2 Å². The lowest BCUT2D eigenvalue weighted by molar-refractivity contribution is -0.170. The van der Waals surface area contributed by atoms with Crippen molar-refractivity contribution in [1.82, 2.24) is 5.32 Å². The van der Waals surface area contributed by atoms with Crippen molar-refractivity contribution < 1.29 is 33.0 Å². The number of nitrogens with one attached hydrogen (secondary N) is 1. The first-order chi connectivity index (χ1) is 15.3. The standard InChI is InChI=1S/C24H19F2NO5/c25-24(26,32-16-7-5-6-15(12-16)22(28)29)14-27-23(30)31-13-21-19-10-3-1-8-17(19)18-9-2-4-11-20(18)21/h1-12,21H,13-14H2,(H,27,30)(H,28,29). The highest BCUT2D eigenvalue weighted by Crippen LogP contribution is 2.44. The summed E-state index contributed by atoms with van der Waals surface area (Å²) in [6.07, 6.45) is -4.77. The summed E-state index contributed by atoms with van der Waals surface area (Å²) in [5.74, 6) is -1.79. The van der Waals surface area contributed by atoms with Crippen LogP contribution in [0.5, 0.6) is 5.75 Å². The molecule has 0 aromatic heterocycles. The smallest absolute Gasteiger partial charge is 0.415 e. The predicted octanol–water partition coefficient (Wildman–Crippen LogP) is 4.90. The third kappa shape index (κ3) is 4.54. The van der Waals surface area contributed by atoms with E-state index in [0.717, 1.165) is 28.3 Å². The predicted molar refractivity (Wildman–Crippen MR) is 112 cm³/mol. The van der Waals surface area contributed by atoms with Crippen LogP contribution in [-0.2, 0) is 4.74 Å². The van der Waals surface area contributed by atoms with Crippen LogP contribution in [0.15, 0.2) is 72.8 Å². The highest BCUT2D eigenvalue weighted by Gasteiger charge is 2.33. The lowest BCUT2D eigenvalue weighted by atomic mass is 9.98. The molecule has 0 atom stereocenters. The van der Waals surface area contributed by atoms with E-state index in [2.05, 4.69) is 4.74 Å². The van der Waals surface area contributed by atoms with Crippen LogP contribution in [0.1, 0.15) is 27.4 Å². The van der Waals surface area contributed by atoms with E-state index in [1.165, 1.54) is 18.2 Å². The van der Waals surface area contributed by atoms with E-state index in [9.17, 15) is 18.4 Å². The van der Waals surface area contributed by atoms with E-state index in [0.29, 0.717) is 0 Å². The van der Waals surface area contributed by atoms with Crippen LogP contribution in [-0.4, -0.2) is 36.4 Å². The van der Waals surface area contributed by atoms with E-state index < -0.39 is 24.7 Å². The summed E-state index contributed by atoms with van der Waals surface area (Å²) in [6, 6.07) is 20.3. The number of alkyl carbamates (subject to hydrolysis) is 1. The van der Waals surface area contributed by atoms with E-state index in [1.807, 2.05) is 53.8 Å². The maximum atomic E-state index is 14.1. The summed E-state index contributed by atoms with van der Waals surface area (Å²) in [6.45, 7) is -1.14. The van der Waals surface area contributed by atoms with E-state index in [1.54, 1.807) is 0 Å². The van der Waals surface area contributed by atoms with Crippen molar-refractivity contribution in [3.8, 4) is 16.9 Å². The molecule has 0 spiro atoms. The van der Waals surface area contributed by atoms with Gasteiger partial charge in [0, 0.05) is 5.92 Å². The van der Waals surface area contributed by atoms with Crippen molar-refractivity contribution in [2.24, 2.45) is 0 Å². The summed E-state index contributed by atoms with van der Waals surface area (Å²) < 4.78 is 38.0. The minimum atomic E-state index is -3.76. The number of carbonyl (C=O) groups excluding carboxylic acids is 1. The van der Waals surface area contributed by atoms with Gasteiger partial charge in [0.15, 0.2) is 0 Å². The van der Waals surface area contributed by atoms with E-state index in [-0.39, 0.29) is 23.8 Å². The number of fused-ring (bicyclic) bond motifs is 3. The van der Waals surface area contributed by atoms with Crippen molar-refractivity contribution in [3.63, 3.8) is 0 Å². The second kappa shape index (κ2) is 8.66. The molecule has 0 heterocycles. The average Bonchev–Trinajstić information content (AvgIpc) is 3.10. The van der Waals surface area contributed by atoms with Crippen LogP contribution in [0.3, 0.4) is 0 Å². The molecule has 1 amide bonds. The maximum absolute atomic E-state index is 14.1. The first kappa shape index (κ1) is 21.3. The molecule has 0 radical (unpaired) electrons. The number of benzene rings is 3. The van der Waals surface area contributed by atoms with Crippen molar-refractivity contribution in [3.05, 3.63) is 89.5 Å². The number of ether oxygens (including phenoxy) is 2. The zero-order valence-corrected chi connectivity index (χ0v) is 16.8. The Balaban J connectivity index is 1.35. The molecule has 3 aromatic rings. The fourth-order valence-corrected chi connectivity index (χ4v) is 3.73. The summed E-state index contributed by atoms with van der Waals surface area (Å²) in [5, 5.41) is 10.9. The molecule has 0 saturated carbocycles. The van der Waals surface area contributed by atoms with Gasteiger partial charge < -0.3 is 19.9 Å². The Hall–Kier alpha value is -3.94. The molecule has 164 valence electrons. The fourth-order valence-electron chi connectivity index (χ4n) is 3.73. The number of hydrogen-bond donors (Lipinski definition) is 2. The number of carboxylic acids is 1. The first-order valence-corrected chi connectivity index (χ1v) is 9.83. The number of carboxylic acid groups (broad SMARTS) is 1. The Bertz CT molecular complexity index is 1120. The van der Waals surface area contributed by atoms with Crippen LogP contribution in [0.25, 0.3) is 11.1 Å². The molecule has 0 fully saturated rings. The average molecular weight is 439 g/mol. The van der Waals surface area contributed by atoms with Gasteiger partial charge in [0.05, 0.1) is 5.56 Å². The highest BCUT2D eigenvalue weighted by atomic mass is 19.3. The number of carbonyl (C=O) groups is 2. The summed E-state index contributed by atoms with van der Waals surface area (Å²) in [7, 11) is 0. The Morgan fingerprint density at radius 2 is 1.56 bits per heavy atom. The number of alkyl halides is 2. The zero-order chi connectivity index (χ0) is 22.7. The first-order valence-electron chi connectivity index (χ1n) is 9.83. The monoisotopic (exact) mass is 439 g/mol. The van der Waals surface area contributed by atoms with Crippen LogP contribution in [0.2, 0.25) is 0 Å². The normalized spacial score (nSPS) is 12.6. The third-order valence-corrected chi connectivity index (χ3v) is 5.13. The topological polar surface area (TPSA) is 84.9 Å². The van der Waals surface area contributed by atoms with Gasteiger partial charge in [-0.3, -0.25) is 0 Å². The Kier molecular flexibility index (Phi) is 5.77. The summed E-state index contributed by atoms with van der Waals surface area (Å²) >= 11 is 0. The molecule has 6 nitrogen and oxygen atoms in total. The van der Waals surface area contributed by atoms with Crippen molar-refractivity contribution in [1.29, 1.82) is 0 Å². The number of aromatic carboxylic acids is 1. The van der Waals surface area contributed by atoms with Crippen LogP contribution in [0.4, 0.5) is 13.6 Å². The molecule has 3 aromatic carbocycles. The third-order valence-electron chi connectivity index (χ3n) is 5.13. The molecule has 2 N–H and O–H groups in total. The minimum absolute atomic E-state index is 0.00700. The van der Waals surface area contributed by atoms with Crippen LogP contribution < -0.4 is 10.1 Å². The summed E-state index contributed by atoms with van der Waals surface area (Å²) in [5.41, 5.74) is 3.94. The molecule has 8 heteroatoms. The number of hydrogen-bond acceptors (Lipinski definition) is 4. The molecule has 0 bridgehead atoms. The number of halogens is 2. The zero-order valence-electron chi connectivity index (χ0n) is 16.8. The van der Waals surface area contributed by atoms with Crippen LogP contribution >= 0.6 is 0 Å². The van der Waals surface area contributed by atoms with Crippen molar-refractivity contribution in [2.45, 2.75) is 12.0 Å². The molecular formula is C24H19F2NO5. The molecule has 32 heavy (non-hydrogen) atoms. The number of amides is 1. The molecule has 4 rings (SSSR count). The van der Waals surface area contributed by atoms with Gasteiger partial charge in [0.2, 0.25) is 0 Å². The van der Waals surface area contributed by atoms with Crippen molar-refractivity contribution >= 4 is 12.1 Å². The Labute approximate surface area is 182 Å². The van der Waals surface area contributed by atoms with Crippen LogP contribution in [0, 0.1) is 0 Å². The second-order valence-corrected chi connectivity index (χ2v) is 7.25. The minimum Gasteiger partial charge on any atom is -0.478 e. The molecule has 0 saturated heterocycles. The molecule has 1 aliphatic carbocycles. The largest absolute Gasteiger partial charge is 0.478 e. The van der Waals surface area contributed by atoms with E-state index in [4.69, 9.17) is 9.84 Å². The molecule has 0 unspecified atom stereocenters. The van der Waals surface area contributed by atoms with Gasteiger partial charge in [-0.1, -0.05) is 54.6 Å². The lowest BCUT2D eigenvalue weighted by Gasteiger charge is -2.19. The van der Waals surface area contributed by atoms with Crippen molar-refractivity contribution in [2.75, 3.05) is 13.2 Å². The van der Waals surface area contributed by atoms with Gasteiger partial charge in [0.1, 0.15) is 18.9 Å². The summed E-state index contributed by atoms with van der Waals surface area (Å²) in [4.78, 5) is 23.0. The van der Waals surface area contributed by atoms with Gasteiger partial charge in [-0.25, -0.2) is 9.59 Å². The second-order valence-electron chi connectivity index (χ2n) is 7.25. The quantitative estimate of drug-likeness (QED) is 0.547. The Morgan fingerprint density at radius 3 is 2.19 bits per heavy atom. The van der Waals surface area contributed by atoms with Gasteiger partial charge in [-0.2, -0.15) is 8.78 Å². The molecular weight excluding hydrogens is 420 g/mol. The molecule has 0 aliphatic heterocycles. The Morgan fingerprint density at radius 1 is 0.938 bits per heavy atom. The van der Waals surface area contributed by atoms with Gasteiger partial charge in [-0.15, -0.1) is 0 Å². The number of rotatable bonds is 7. The fraction of sp³-hybridized carbons (Fsp3) is 0.167. The van der Waals surface area contributed by atoms with E-state index >= 15 is 0 Å². The highest BCUT2D eigenvalue weighted by molar-refractivity contribution is 5.88. The van der Waals surface area contributed by atoms with Gasteiger partial charge in [-0.05, 0) is 40.5 Å².